The summed E-state index contributed by atoms with van der Waals surface area (Å²) in [5.74, 6) is 0.630. The van der Waals surface area contributed by atoms with Crippen LogP contribution in [-0.4, -0.2) is 34.1 Å². The Bertz CT molecular complexity index is 1210. The molecule has 1 saturated carbocycles. The van der Waals surface area contributed by atoms with Crippen molar-refractivity contribution in [2.75, 3.05) is 23.3 Å². The van der Waals surface area contributed by atoms with Gasteiger partial charge >= 0.3 is 0 Å². The molecule has 178 valence electrons. The molecule has 0 unspecified atom stereocenters. The molecule has 3 aromatic rings. The summed E-state index contributed by atoms with van der Waals surface area (Å²) in [5.41, 5.74) is 0.838. The lowest BCUT2D eigenvalue weighted by atomic mass is 10.2. The van der Waals surface area contributed by atoms with Gasteiger partial charge in [-0.05, 0) is 74.2 Å². The van der Waals surface area contributed by atoms with Crippen LogP contribution in [0.3, 0.4) is 0 Å². The summed E-state index contributed by atoms with van der Waals surface area (Å²) in [6, 6.07) is 21.9. The van der Waals surface area contributed by atoms with Gasteiger partial charge in [0, 0.05) is 5.69 Å². The largest absolute Gasteiger partial charge is 0.495 e. The van der Waals surface area contributed by atoms with E-state index in [0.717, 1.165) is 22.9 Å². The van der Waals surface area contributed by atoms with E-state index in [9.17, 15) is 13.2 Å². The molecule has 1 N–H and O–H groups in total. The van der Waals surface area contributed by atoms with Gasteiger partial charge in [0.25, 0.3) is 10.0 Å². The third kappa shape index (κ3) is 5.51. The fourth-order valence-electron chi connectivity index (χ4n) is 4.00. The summed E-state index contributed by atoms with van der Waals surface area (Å²) in [6.07, 6.45) is 4.75. The number of sulfonamides is 1. The zero-order chi connectivity index (χ0) is 24.0. The molecule has 4 rings (SSSR count). The molecule has 0 bridgehead atoms. The van der Waals surface area contributed by atoms with Crippen LogP contribution in [0.1, 0.15) is 25.7 Å². The van der Waals surface area contributed by atoms with Crippen LogP contribution < -0.4 is 19.1 Å². The number of hydrogen-bond acceptors (Lipinski definition) is 5. The van der Waals surface area contributed by atoms with Crippen molar-refractivity contribution in [2.24, 2.45) is 0 Å². The summed E-state index contributed by atoms with van der Waals surface area (Å²) >= 11 is 0. The van der Waals surface area contributed by atoms with E-state index in [0.29, 0.717) is 11.4 Å². The molecule has 1 amide bonds. The molecular weight excluding hydrogens is 452 g/mol. The fraction of sp³-hybridized carbons (Fsp3) is 0.269. The van der Waals surface area contributed by atoms with Crippen LogP contribution in [-0.2, 0) is 14.8 Å². The van der Waals surface area contributed by atoms with Gasteiger partial charge in [0.2, 0.25) is 5.91 Å². The number of ether oxygens (including phenoxy) is 2. The van der Waals surface area contributed by atoms with E-state index in [-0.39, 0.29) is 16.7 Å². The predicted molar refractivity (Wildman–Crippen MR) is 132 cm³/mol. The van der Waals surface area contributed by atoms with Crippen molar-refractivity contribution in [2.45, 2.75) is 36.7 Å². The Morgan fingerprint density at radius 1 is 0.941 bits per heavy atom. The standard InChI is InChI=1S/C26H28N2O5S/c1-32-25-14-8-7-13-24(25)28(34(30,31)23-11-3-2-4-12-23)19-26(29)27-20-15-17-22(18-16-20)33-21-9-5-6-10-21/h2-4,7-8,11-18,21H,5-6,9-10,19H2,1H3,(H,27,29). The van der Waals surface area contributed by atoms with Crippen LogP contribution >= 0.6 is 0 Å². The quantitative estimate of drug-likeness (QED) is 0.473. The number of para-hydroxylation sites is 2. The first-order chi connectivity index (χ1) is 16.5. The Morgan fingerprint density at radius 2 is 1.59 bits per heavy atom. The molecule has 1 fully saturated rings. The third-order valence-corrected chi connectivity index (χ3v) is 7.49. The number of nitrogens with zero attached hydrogens (tertiary/aromatic N) is 1. The number of benzene rings is 3. The molecule has 0 aliphatic heterocycles. The molecule has 3 aromatic carbocycles. The second-order valence-corrected chi connectivity index (χ2v) is 9.96. The Kier molecular flexibility index (Phi) is 7.37. The maximum atomic E-state index is 13.5. The van der Waals surface area contributed by atoms with Crippen molar-refractivity contribution >= 4 is 27.3 Å². The van der Waals surface area contributed by atoms with Gasteiger partial charge in [-0.3, -0.25) is 9.10 Å². The molecule has 0 aromatic heterocycles. The molecular formula is C26H28N2O5S. The van der Waals surface area contributed by atoms with Crippen LogP contribution in [0.5, 0.6) is 11.5 Å². The number of carbonyl (C=O) groups is 1. The van der Waals surface area contributed by atoms with E-state index < -0.39 is 22.5 Å². The Morgan fingerprint density at radius 3 is 2.26 bits per heavy atom. The number of hydrogen-bond donors (Lipinski definition) is 1. The SMILES string of the molecule is COc1ccccc1N(CC(=O)Nc1ccc(OC2CCCC2)cc1)S(=O)(=O)c1ccccc1. The second-order valence-electron chi connectivity index (χ2n) is 8.09. The van der Waals surface area contributed by atoms with Crippen molar-refractivity contribution in [3.63, 3.8) is 0 Å². The maximum absolute atomic E-state index is 13.5. The smallest absolute Gasteiger partial charge is 0.264 e. The zero-order valence-electron chi connectivity index (χ0n) is 19.0. The van der Waals surface area contributed by atoms with Crippen molar-refractivity contribution < 1.29 is 22.7 Å². The number of carbonyl (C=O) groups excluding carboxylic acids is 1. The maximum Gasteiger partial charge on any atom is 0.264 e. The molecule has 7 nitrogen and oxygen atoms in total. The Labute approximate surface area is 200 Å². The molecule has 1 aliphatic carbocycles. The van der Waals surface area contributed by atoms with E-state index in [1.807, 2.05) is 12.1 Å². The van der Waals surface area contributed by atoms with Gasteiger partial charge in [0.05, 0.1) is 23.8 Å². The van der Waals surface area contributed by atoms with E-state index in [2.05, 4.69) is 5.32 Å². The average Bonchev–Trinajstić information content (AvgIpc) is 3.37. The summed E-state index contributed by atoms with van der Waals surface area (Å²) in [4.78, 5) is 13.0. The zero-order valence-corrected chi connectivity index (χ0v) is 19.8. The highest BCUT2D eigenvalue weighted by Crippen LogP contribution is 2.32. The normalized spacial score (nSPS) is 13.9. The van der Waals surface area contributed by atoms with Crippen LogP contribution in [0.25, 0.3) is 0 Å². The second kappa shape index (κ2) is 10.6. The van der Waals surface area contributed by atoms with Gasteiger partial charge in [-0.15, -0.1) is 0 Å². The predicted octanol–water partition coefficient (Wildman–Crippen LogP) is 4.85. The molecule has 8 heteroatoms. The third-order valence-electron chi connectivity index (χ3n) is 5.72. The lowest BCUT2D eigenvalue weighted by molar-refractivity contribution is -0.114. The van der Waals surface area contributed by atoms with Gasteiger partial charge < -0.3 is 14.8 Å². The Balaban J connectivity index is 1.53. The molecule has 0 saturated heterocycles. The van der Waals surface area contributed by atoms with E-state index >= 15 is 0 Å². The highest BCUT2D eigenvalue weighted by Gasteiger charge is 2.29. The van der Waals surface area contributed by atoms with Gasteiger partial charge in [-0.25, -0.2) is 8.42 Å². The number of nitrogens with one attached hydrogen (secondary N) is 1. The van der Waals surface area contributed by atoms with E-state index in [4.69, 9.17) is 9.47 Å². The first-order valence-electron chi connectivity index (χ1n) is 11.2. The minimum Gasteiger partial charge on any atom is -0.495 e. The van der Waals surface area contributed by atoms with Crippen molar-refractivity contribution in [1.82, 2.24) is 0 Å². The Hall–Kier alpha value is -3.52. The van der Waals surface area contributed by atoms with E-state index in [1.54, 1.807) is 54.6 Å². The van der Waals surface area contributed by atoms with Gasteiger partial charge in [0.1, 0.15) is 18.0 Å². The molecule has 0 atom stereocenters. The van der Waals surface area contributed by atoms with Crippen LogP contribution in [0.15, 0.2) is 83.8 Å². The summed E-state index contributed by atoms with van der Waals surface area (Å²) in [7, 11) is -2.56. The lowest BCUT2D eigenvalue weighted by Gasteiger charge is -2.25. The number of methoxy groups -OCH3 is 1. The molecule has 0 heterocycles. The summed E-state index contributed by atoms with van der Waals surface area (Å²) in [5, 5.41) is 2.78. The fourth-order valence-corrected chi connectivity index (χ4v) is 5.45. The van der Waals surface area contributed by atoms with Gasteiger partial charge in [0.15, 0.2) is 0 Å². The van der Waals surface area contributed by atoms with Crippen LogP contribution in [0.4, 0.5) is 11.4 Å². The number of rotatable bonds is 9. The number of anilines is 2. The average molecular weight is 481 g/mol. The van der Waals surface area contributed by atoms with Crippen molar-refractivity contribution in [3.05, 3.63) is 78.9 Å². The highest BCUT2D eigenvalue weighted by atomic mass is 32.2. The highest BCUT2D eigenvalue weighted by molar-refractivity contribution is 7.92. The summed E-state index contributed by atoms with van der Waals surface area (Å²) < 4.78 is 39.3. The number of amides is 1. The van der Waals surface area contributed by atoms with Crippen molar-refractivity contribution in [3.8, 4) is 11.5 Å². The van der Waals surface area contributed by atoms with Crippen LogP contribution in [0.2, 0.25) is 0 Å². The lowest BCUT2D eigenvalue weighted by Crippen LogP contribution is -2.38. The van der Waals surface area contributed by atoms with Crippen molar-refractivity contribution in [1.29, 1.82) is 0 Å². The summed E-state index contributed by atoms with van der Waals surface area (Å²) in [6.45, 7) is -0.419. The van der Waals surface area contributed by atoms with Crippen LogP contribution in [0, 0.1) is 0 Å². The first-order valence-corrected chi connectivity index (χ1v) is 12.7. The molecule has 34 heavy (non-hydrogen) atoms. The molecule has 0 spiro atoms. The van der Waals surface area contributed by atoms with E-state index in [1.165, 1.54) is 32.1 Å². The van der Waals surface area contributed by atoms with Gasteiger partial charge in [-0.2, -0.15) is 0 Å². The van der Waals surface area contributed by atoms with Gasteiger partial charge in [-0.1, -0.05) is 30.3 Å². The topological polar surface area (TPSA) is 84.9 Å². The minimum absolute atomic E-state index is 0.0853. The monoisotopic (exact) mass is 480 g/mol. The minimum atomic E-state index is -4.02. The molecule has 0 radical (unpaired) electrons. The molecule has 1 aliphatic rings. The first kappa shape index (κ1) is 23.6.